The Kier molecular flexibility index (Phi) is 5.16. The summed E-state index contributed by atoms with van der Waals surface area (Å²) in [6.45, 7) is 5.62. The number of fused-ring (bicyclic) bond motifs is 1. The molecule has 4 rings (SSSR count). The predicted molar refractivity (Wildman–Crippen MR) is 103 cm³/mol. The summed E-state index contributed by atoms with van der Waals surface area (Å²) in [4.78, 5) is 25.4. The van der Waals surface area contributed by atoms with E-state index in [-0.39, 0.29) is 12.7 Å². The molecule has 9 heteroatoms. The Morgan fingerprint density at radius 3 is 2.75 bits per heavy atom. The fraction of sp³-hybridized carbons (Fsp3) is 0.421. The highest BCUT2D eigenvalue weighted by Crippen LogP contribution is 2.35. The van der Waals surface area contributed by atoms with E-state index in [1.54, 1.807) is 31.2 Å². The third-order valence-corrected chi connectivity index (χ3v) is 4.76. The third kappa shape index (κ3) is 4.09. The fourth-order valence-corrected chi connectivity index (χ4v) is 3.06. The molecule has 3 heterocycles. The molecule has 0 spiro atoms. The van der Waals surface area contributed by atoms with Crippen molar-refractivity contribution in [2.45, 2.75) is 13.0 Å². The van der Waals surface area contributed by atoms with Crippen molar-refractivity contribution >= 4 is 17.5 Å². The highest BCUT2D eigenvalue weighted by molar-refractivity contribution is 5.93. The molecule has 2 aliphatic heterocycles. The second kappa shape index (κ2) is 7.89. The lowest BCUT2D eigenvalue weighted by Crippen LogP contribution is -2.44. The number of nitrogens with zero attached hydrogens (tertiary/aromatic N) is 4. The van der Waals surface area contributed by atoms with Crippen molar-refractivity contribution in [3.05, 3.63) is 30.6 Å². The molecule has 1 saturated heterocycles. The van der Waals surface area contributed by atoms with E-state index >= 15 is 0 Å². The van der Waals surface area contributed by atoms with E-state index in [1.165, 1.54) is 6.33 Å². The zero-order valence-electron chi connectivity index (χ0n) is 15.9. The largest absolute Gasteiger partial charge is 0.481 e. The van der Waals surface area contributed by atoms with E-state index in [9.17, 15) is 4.79 Å². The fourth-order valence-electron chi connectivity index (χ4n) is 3.06. The van der Waals surface area contributed by atoms with Crippen LogP contribution in [0.1, 0.15) is 6.92 Å². The zero-order chi connectivity index (χ0) is 19.5. The molecule has 28 heavy (non-hydrogen) atoms. The Hall–Kier alpha value is -3.07. The van der Waals surface area contributed by atoms with Crippen LogP contribution in [0.4, 0.5) is 11.6 Å². The van der Waals surface area contributed by atoms with Crippen LogP contribution in [-0.2, 0) is 4.79 Å². The molecule has 1 unspecified atom stereocenters. The summed E-state index contributed by atoms with van der Waals surface area (Å²) in [5.41, 5.74) is 0. The van der Waals surface area contributed by atoms with Gasteiger partial charge in [0.15, 0.2) is 17.6 Å². The Morgan fingerprint density at radius 1 is 1.14 bits per heavy atom. The van der Waals surface area contributed by atoms with Gasteiger partial charge in [0.2, 0.25) is 6.79 Å². The SMILES string of the molecule is CC(Oc1ccc2c(c1)OCO2)C(=O)Nc1cc(N2CCN(C)CC2)ncn1. The van der Waals surface area contributed by atoms with Crippen LogP contribution in [-0.4, -0.2) is 66.9 Å². The van der Waals surface area contributed by atoms with E-state index in [1.807, 2.05) is 0 Å². The summed E-state index contributed by atoms with van der Waals surface area (Å²) in [7, 11) is 2.10. The van der Waals surface area contributed by atoms with Crippen LogP contribution in [0.5, 0.6) is 17.2 Å². The molecule has 0 aliphatic carbocycles. The minimum atomic E-state index is -0.706. The van der Waals surface area contributed by atoms with Crippen molar-refractivity contribution in [1.29, 1.82) is 0 Å². The van der Waals surface area contributed by atoms with Crippen LogP contribution in [0.3, 0.4) is 0 Å². The molecule has 2 aliphatic rings. The summed E-state index contributed by atoms with van der Waals surface area (Å²) >= 11 is 0. The maximum Gasteiger partial charge on any atom is 0.266 e. The lowest BCUT2D eigenvalue weighted by molar-refractivity contribution is -0.122. The molecule has 0 radical (unpaired) electrons. The topological polar surface area (TPSA) is 89.1 Å². The first-order chi connectivity index (χ1) is 13.6. The Balaban J connectivity index is 1.37. The average Bonchev–Trinajstić information content (AvgIpc) is 3.16. The second-order valence-corrected chi connectivity index (χ2v) is 6.82. The molecule has 9 nitrogen and oxygen atoms in total. The average molecular weight is 385 g/mol. The molecular formula is C19H23N5O4. The van der Waals surface area contributed by atoms with E-state index in [2.05, 4.69) is 32.1 Å². The lowest BCUT2D eigenvalue weighted by atomic mass is 10.3. The zero-order valence-corrected chi connectivity index (χ0v) is 15.9. The van der Waals surface area contributed by atoms with Crippen molar-refractivity contribution < 1.29 is 19.0 Å². The summed E-state index contributed by atoms with van der Waals surface area (Å²) < 4.78 is 16.3. The van der Waals surface area contributed by atoms with E-state index in [0.717, 1.165) is 32.0 Å². The molecule has 0 saturated carbocycles. The molecule has 1 fully saturated rings. The number of hydrogen-bond acceptors (Lipinski definition) is 8. The van der Waals surface area contributed by atoms with Gasteiger partial charge in [0.25, 0.3) is 5.91 Å². The highest BCUT2D eigenvalue weighted by atomic mass is 16.7. The van der Waals surface area contributed by atoms with Crippen LogP contribution in [0.25, 0.3) is 0 Å². The van der Waals surface area contributed by atoms with Gasteiger partial charge in [-0.2, -0.15) is 0 Å². The van der Waals surface area contributed by atoms with Crippen molar-refractivity contribution in [1.82, 2.24) is 14.9 Å². The van der Waals surface area contributed by atoms with Crippen LogP contribution >= 0.6 is 0 Å². The predicted octanol–water partition coefficient (Wildman–Crippen LogP) is 1.36. The van der Waals surface area contributed by atoms with Crippen molar-refractivity contribution in [2.75, 3.05) is 50.2 Å². The van der Waals surface area contributed by atoms with E-state index in [4.69, 9.17) is 14.2 Å². The Labute approximate surface area is 163 Å². The first-order valence-electron chi connectivity index (χ1n) is 9.21. The van der Waals surface area contributed by atoms with Gasteiger partial charge in [0.05, 0.1) is 0 Å². The van der Waals surface area contributed by atoms with Gasteiger partial charge in [-0.25, -0.2) is 9.97 Å². The standard InChI is InChI=1S/C19H23N5O4/c1-13(28-14-3-4-15-16(9-14)27-12-26-15)19(25)22-17-10-18(21-11-20-17)24-7-5-23(2)6-8-24/h3-4,9-11,13H,5-8,12H2,1-2H3,(H,20,21,22,25). The van der Waals surface area contributed by atoms with Crippen molar-refractivity contribution in [3.63, 3.8) is 0 Å². The summed E-state index contributed by atoms with van der Waals surface area (Å²) in [6.07, 6.45) is 0.759. The number of anilines is 2. The number of amides is 1. The molecule has 1 amide bonds. The van der Waals surface area contributed by atoms with E-state index < -0.39 is 6.10 Å². The maximum atomic E-state index is 12.5. The highest BCUT2D eigenvalue weighted by Gasteiger charge is 2.20. The van der Waals surface area contributed by atoms with Gasteiger partial charge in [-0.05, 0) is 26.1 Å². The van der Waals surface area contributed by atoms with Gasteiger partial charge in [-0.1, -0.05) is 0 Å². The first kappa shape index (κ1) is 18.3. The number of benzene rings is 1. The van der Waals surface area contributed by atoms with Gasteiger partial charge in [-0.15, -0.1) is 0 Å². The number of carbonyl (C=O) groups excluding carboxylic acids is 1. The monoisotopic (exact) mass is 385 g/mol. The normalized spacial score (nSPS) is 17.3. The van der Waals surface area contributed by atoms with Gasteiger partial charge in [0.1, 0.15) is 23.7 Å². The minimum absolute atomic E-state index is 0.193. The quantitative estimate of drug-likeness (QED) is 0.825. The molecular weight excluding hydrogens is 362 g/mol. The number of hydrogen-bond donors (Lipinski definition) is 1. The number of likely N-dealkylation sites (N-methyl/N-ethyl adjacent to an activating group) is 1. The van der Waals surface area contributed by atoms with Gasteiger partial charge in [-0.3, -0.25) is 4.79 Å². The first-order valence-corrected chi connectivity index (χ1v) is 9.21. The Bertz CT molecular complexity index is 854. The molecule has 1 aromatic heterocycles. The van der Waals surface area contributed by atoms with Crippen LogP contribution < -0.4 is 24.4 Å². The number of rotatable bonds is 5. The molecule has 148 valence electrons. The maximum absolute atomic E-state index is 12.5. The smallest absolute Gasteiger partial charge is 0.266 e. The summed E-state index contributed by atoms with van der Waals surface area (Å²) in [5.74, 6) is 2.78. The van der Waals surface area contributed by atoms with Crippen LogP contribution in [0.15, 0.2) is 30.6 Å². The van der Waals surface area contributed by atoms with Gasteiger partial charge >= 0.3 is 0 Å². The van der Waals surface area contributed by atoms with Gasteiger partial charge in [0, 0.05) is 38.3 Å². The molecule has 1 aromatic carbocycles. The molecule has 2 aromatic rings. The number of carbonyl (C=O) groups is 1. The minimum Gasteiger partial charge on any atom is -0.481 e. The summed E-state index contributed by atoms with van der Waals surface area (Å²) in [6, 6.07) is 7.00. The van der Waals surface area contributed by atoms with E-state index in [0.29, 0.717) is 23.1 Å². The van der Waals surface area contributed by atoms with Crippen LogP contribution in [0.2, 0.25) is 0 Å². The lowest BCUT2D eigenvalue weighted by Gasteiger charge is -2.33. The van der Waals surface area contributed by atoms with Gasteiger partial charge < -0.3 is 29.3 Å². The molecule has 1 atom stereocenters. The third-order valence-electron chi connectivity index (χ3n) is 4.76. The van der Waals surface area contributed by atoms with Crippen LogP contribution in [0, 0.1) is 0 Å². The van der Waals surface area contributed by atoms with Crippen molar-refractivity contribution in [2.24, 2.45) is 0 Å². The second-order valence-electron chi connectivity index (χ2n) is 6.82. The van der Waals surface area contributed by atoms with Crippen molar-refractivity contribution in [3.8, 4) is 17.2 Å². The number of piperazine rings is 1. The molecule has 1 N–H and O–H groups in total. The Morgan fingerprint density at radius 2 is 1.93 bits per heavy atom. The number of aromatic nitrogens is 2. The summed E-state index contributed by atoms with van der Waals surface area (Å²) in [5, 5.41) is 2.79. The molecule has 0 bridgehead atoms. The number of ether oxygens (including phenoxy) is 3. The number of nitrogens with one attached hydrogen (secondary N) is 1.